The summed E-state index contributed by atoms with van der Waals surface area (Å²) >= 11 is 1.56. The monoisotopic (exact) mass is 323 g/mol. The lowest BCUT2D eigenvalue weighted by atomic mass is 10.3. The van der Waals surface area contributed by atoms with E-state index in [1.165, 1.54) is 20.3 Å². The van der Waals surface area contributed by atoms with Gasteiger partial charge in [-0.05, 0) is 0 Å². The van der Waals surface area contributed by atoms with E-state index < -0.39 is 0 Å². The SMILES string of the molecule is COc1cc(C(=O)NCCSc2nccn2C)nc(OC)n1. The van der Waals surface area contributed by atoms with Crippen LogP contribution >= 0.6 is 11.8 Å². The Morgan fingerprint density at radius 2 is 2.18 bits per heavy atom. The molecule has 2 heterocycles. The van der Waals surface area contributed by atoms with Crippen LogP contribution in [-0.4, -0.2) is 51.9 Å². The molecule has 0 aliphatic rings. The van der Waals surface area contributed by atoms with Crippen molar-refractivity contribution in [3.8, 4) is 11.9 Å². The first-order chi connectivity index (χ1) is 10.6. The van der Waals surface area contributed by atoms with Gasteiger partial charge in [0.05, 0.1) is 14.2 Å². The normalized spacial score (nSPS) is 10.3. The zero-order valence-corrected chi connectivity index (χ0v) is 13.4. The van der Waals surface area contributed by atoms with Crippen molar-refractivity contribution >= 4 is 17.7 Å². The number of amides is 1. The molecule has 1 amide bonds. The van der Waals surface area contributed by atoms with Gasteiger partial charge in [-0.3, -0.25) is 4.79 Å². The Labute approximate surface area is 132 Å². The Hall–Kier alpha value is -2.29. The van der Waals surface area contributed by atoms with Crippen molar-refractivity contribution in [2.45, 2.75) is 5.16 Å². The van der Waals surface area contributed by atoms with E-state index >= 15 is 0 Å². The third-order valence-electron chi connectivity index (χ3n) is 2.70. The van der Waals surface area contributed by atoms with Crippen molar-refractivity contribution in [2.24, 2.45) is 7.05 Å². The first kappa shape index (κ1) is 16.1. The molecule has 0 aliphatic carbocycles. The highest BCUT2D eigenvalue weighted by Gasteiger charge is 2.12. The van der Waals surface area contributed by atoms with Crippen LogP contribution in [0.1, 0.15) is 10.5 Å². The summed E-state index contributed by atoms with van der Waals surface area (Å²) in [6.07, 6.45) is 3.61. The van der Waals surface area contributed by atoms with Gasteiger partial charge >= 0.3 is 6.01 Å². The molecule has 0 aromatic carbocycles. The number of hydrogen-bond donors (Lipinski definition) is 1. The van der Waals surface area contributed by atoms with Crippen LogP contribution in [0.5, 0.6) is 11.9 Å². The lowest BCUT2D eigenvalue weighted by molar-refractivity contribution is 0.0949. The molecule has 118 valence electrons. The topological polar surface area (TPSA) is 91.2 Å². The molecule has 0 saturated carbocycles. The van der Waals surface area contributed by atoms with Crippen LogP contribution in [-0.2, 0) is 7.05 Å². The van der Waals surface area contributed by atoms with Crippen molar-refractivity contribution < 1.29 is 14.3 Å². The summed E-state index contributed by atoms with van der Waals surface area (Å²) in [6, 6.07) is 1.55. The van der Waals surface area contributed by atoms with E-state index in [0.717, 1.165) is 5.16 Å². The van der Waals surface area contributed by atoms with Crippen molar-refractivity contribution in [1.29, 1.82) is 0 Å². The van der Waals surface area contributed by atoms with Crippen molar-refractivity contribution in [3.63, 3.8) is 0 Å². The number of nitrogens with one attached hydrogen (secondary N) is 1. The number of aryl methyl sites for hydroxylation is 1. The van der Waals surface area contributed by atoms with Gasteiger partial charge in [0.2, 0.25) is 5.88 Å². The van der Waals surface area contributed by atoms with Crippen molar-refractivity contribution in [1.82, 2.24) is 24.8 Å². The maximum atomic E-state index is 12.1. The third-order valence-corrected chi connectivity index (χ3v) is 3.76. The molecule has 0 fully saturated rings. The molecule has 0 saturated heterocycles. The van der Waals surface area contributed by atoms with E-state index in [-0.39, 0.29) is 23.5 Å². The van der Waals surface area contributed by atoms with Crippen LogP contribution < -0.4 is 14.8 Å². The van der Waals surface area contributed by atoms with Crippen LogP contribution in [0, 0.1) is 0 Å². The van der Waals surface area contributed by atoms with Gasteiger partial charge in [0.15, 0.2) is 5.16 Å². The molecule has 2 aromatic heterocycles. The minimum atomic E-state index is -0.306. The Kier molecular flexibility index (Phi) is 5.59. The van der Waals surface area contributed by atoms with Crippen molar-refractivity contribution in [2.75, 3.05) is 26.5 Å². The molecule has 22 heavy (non-hydrogen) atoms. The van der Waals surface area contributed by atoms with E-state index in [4.69, 9.17) is 9.47 Å². The van der Waals surface area contributed by atoms with Crippen LogP contribution in [0.15, 0.2) is 23.6 Å². The van der Waals surface area contributed by atoms with Crippen LogP contribution in [0.3, 0.4) is 0 Å². The standard InChI is InChI=1S/C13H17N5O3S/c1-18-6-4-15-13(18)22-7-5-14-11(19)9-8-10(20-2)17-12(16-9)21-3/h4,6,8H,5,7H2,1-3H3,(H,14,19). The van der Waals surface area contributed by atoms with Gasteiger partial charge in [-0.15, -0.1) is 0 Å². The highest BCUT2D eigenvalue weighted by atomic mass is 32.2. The third kappa shape index (κ3) is 4.10. The largest absolute Gasteiger partial charge is 0.481 e. The van der Waals surface area contributed by atoms with Gasteiger partial charge in [0.25, 0.3) is 5.91 Å². The maximum Gasteiger partial charge on any atom is 0.320 e. The predicted molar refractivity (Wildman–Crippen MR) is 81.4 cm³/mol. The number of rotatable bonds is 7. The number of methoxy groups -OCH3 is 2. The van der Waals surface area contributed by atoms with E-state index in [2.05, 4.69) is 20.3 Å². The summed E-state index contributed by atoms with van der Waals surface area (Å²) in [5, 5.41) is 3.69. The summed E-state index contributed by atoms with van der Waals surface area (Å²) in [4.78, 5) is 24.2. The lowest BCUT2D eigenvalue weighted by Gasteiger charge is -2.07. The van der Waals surface area contributed by atoms with E-state index in [0.29, 0.717) is 12.3 Å². The van der Waals surface area contributed by atoms with Gasteiger partial charge in [-0.2, -0.15) is 9.97 Å². The number of imidazole rings is 1. The van der Waals surface area contributed by atoms with E-state index in [1.54, 1.807) is 18.0 Å². The highest BCUT2D eigenvalue weighted by molar-refractivity contribution is 7.99. The van der Waals surface area contributed by atoms with Crippen LogP contribution in [0.25, 0.3) is 0 Å². The van der Waals surface area contributed by atoms with Gasteiger partial charge in [0.1, 0.15) is 5.69 Å². The molecule has 0 radical (unpaired) electrons. The molecule has 0 unspecified atom stereocenters. The molecule has 0 aliphatic heterocycles. The number of ether oxygens (including phenoxy) is 2. The fraction of sp³-hybridized carbons (Fsp3) is 0.385. The summed E-state index contributed by atoms with van der Waals surface area (Å²) in [7, 11) is 4.82. The van der Waals surface area contributed by atoms with E-state index in [1.807, 2.05) is 17.8 Å². The fourth-order valence-electron chi connectivity index (χ4n) is 1.60. The lowest BCUT2D eigenvalue weighted by Crippen LogP contribution is -2.27. The first-order valence-corrected chi connectivity index (χ1v) is 7.48. The zero-order valence-electron chi connectivity index (χ0n) is 12.6. The molecule has 1 N–H and O–H groups in total. The number of hydrogen-bond acceptors (Lipinski definition) is 7. The average Bonchev–Trinajstić information content (AvgIpc) is 2.95. The molecule has 9 heteroatoms. The fourth-order valence-corrected chi connectivity index (χ4v) is 2.39. The summed E-state index contributed by atoms with van der Waals surface area (Å²) in [6.45, 7) is 0.491. The second kappa shape index (κ2) is 7.64. The Morgan fingerprint density at radius 3 is 2.82 bits per heavy atom. The smallest absolute Gasteiger partial charge is 0.320 e. The number of carbonyl (C=O) groups excluding carboxylic acids is 1. The molecule has 2 rings (SSSR count). The molecule has 0 spiro atoms. The van der Waals surface area contributed by atoms with Gasteiger partial charge in [-0.1, -0.05) is 11.8 Å². The quantitative estimate of drug-likeness (QED) is 0.594. The van der Waals surface area contributed by atoms with Crippen LogP contribution in [0.4, 0.5) is 0 Å². The number of aromatic nitrogens is 4. The van der Waals surface area contributed by atoms with Gasteiger partial charge < -0.3 is 19.4 Å². The van der Waals surface area contributed by atoms with Gasteiger partial charge in [0, 0.05) is 37.8 Å². The Morgan fingerprint density at radius 1 is 1.36 bits per heavy atom. The highest BCUT2D eigenvalue weighted by Crippen LogP contribution is 2.14. The number of nitrogens with zero attached hydrogens (tertiary/aromatic N) is 4. The molecule has 0 atom stereocenters. The number of thioether (sulfide) groups is 1. The summed E-state index contributed by atoms with van der Waals surface area (Å²) in [5.41, 5.74) is 0.200. The maximum absolute atomic E-state index is 12.1. The summed E-state index contributed by atoms with van der Waals surface area (Å²) in [5.74, 6) is 0.675. The minimum absolute atomic E-state index is 0.0897. The zero-order chi connectivity index (χ0) is 15.9. The minimum Gasteiger partial charge on any atom is -0.481 e. The second-order valence-corrected chi connectivity index (χ2v) is 5.27. The predicted octanol–water partition coefficient (Wildman–Crippen LogP) is 0.749. The molecule has 2 aromatic rings. The Balaban J connectivity index is 1.88. The van der Waals surface area contributed by atoms with Crippen LogP contribution in [0.2, 0.25) is 0 Å². The molecule has 8 nitrogen and oxygen atoms in total. The summed E-state index contributed by atoms with van der Waals surface area (Å²) < 4.78 is 11.9. The number of carbonyl (C=O) groups is 1. The molecular formula is C13H17N5O3S. The molecule has 0 bridgehead atoms. The average molecular weight is 323 g/mol. The Bertz CT molecular complexity index is 624. The van der Waals surface area contributed by atoms with Crippen molar-refractivity contribution in [3.05, 3.63) is 24.2 Å². The second-order valence-electron chi connectivity index (χ2n) is 4.21. The molecular weight excluding hydrogens is 306 g/mol. The van der Waals surface area contributed by atoms with E-state index in [9.17, 15) is 4.79 Å². The van der Waals surface area contributed by atoms with Gasteiger partial charge in [-0.25, -0.2) is 4.98 Å². The first-order valence-electron chi connectivity index (χ1n) is 6.49.